The van der Waals surface area contributed by atoms with Gasteiger partial charge in [0.05, 0.1) is 12.4 Å². The van der Waals surface area contributed by atoms with Gasteiger partial charge in [-0.3, -0.25) is 4.57 Å². The summed E-state index contributed by atoms with van der Waals surface area (Å²) in [5, 5.41) is 7.20. The number of nitrogens with zero attached hydrogens (tertiary/aromatic N) is 4. The highest BCUT2D eigenvalue weighted by Gasteiger charge is 2.17. The second-order valence-electron chi connectivity index (χ2n) is 3.41. The SMILES string of the molecule is CCOC(=O)c1nnc(SCc2nccn2C(F)F)o1. The zero-order valence-electron chi connectivity index (χ0n) is 10.3. The van der Waals surface area contributed by atoms with Crippen molar-refractivity contribution < 1.29 is 22.7 Å². The summed E-state index contributed by atoms with van der Waals surface area (Å²) < 4.78 is 35.6. The summed E-state index contributed by atoms with van der Waals surface area (Å²) in [6, 6.07) is 0. The zero-order valence-corrected chi connectivity index (χ0v) is 11.1. The van der Waals surface area contributed by atoms with Crippen LogP contribution in [0.3, 0.4) is 0 Å². The molecule has 0 fully saturated rings. The second kappa shape index (κ2) is 6.46. The van der Waals surface area contributed by atoms with Crippen LogP contribution in [0.5, 0.6) is 0 Å². The molecule has 2 aromatic heterocycles. The average molecular weight is 304 g/mol. The van der Waals surface area contributed by atoms with Gasteiger partial charge in [-0.1, -0.05) is 16.9 Å². The van der Waals surface area contributed by atoms with E-state index in [0.29, 0.717) is 0 Å². The summed E-state index contributed by atoms with van der Waals surface area (Å²) in [4.78, 5) is 15.1. The van der Waals surface area contributed by atoms with E-state index in [2.05, 4.69) is 19.9 Å². The van der Waals surface area contributed by atoms with E-state index < -0.39 is 12.5 Å². The lowest BCUT2D eigenvalue weighted by Gasteiger charge is -2.03. The van der Waals surface area contributed by atoms with Crippen LogP contribution < -0.4 is 0 Å². The van der Waals surface area contributed by atoms with Crippen LogP contribution in [0, 0.1) is 0 Å². The second-order valence-corrected chi connectivity index (χ2v) is 4.34. The predicted molar refractivity (Wildman–Crippen MR) is 63.3 cm³/mol. The highest BCUT2D eigenvalue weighted by Crippen LogP contribution is 2.23. The molecule has 2 heterocycles. The molecule has 0 aliphatic rings. The van der Waals surface area contributed by atoms with Gasteiger partial charge < -0.3 is 9.15 Å². The molecule has 0 atom stereocenters. The molecule has 0 bridgehead atoms. The van der Waals surface area contributed by atoms with Gasteiger partial charge in [0.2, 0.25) is 0 Å². The number of carbonyl (C=O) groups excluding carboxylic acids is 1. The number of hydrogen-bond acceptors (Lipinski definition) is 7. The van der Waals surface area contributed by atoms with Gasteiger partial charge in [0, 0.05) is 12.4 Å². The molecule has 0 N–H and O–H groups in total. The van der Waals surface area contributed by atoms with Crippen LogP contribution in [0.2, 0.25) is 0 Å². The molecular weight excluding hydrogens is 294 g/mol. The van der Waals surface area contributed by atoms with Crippen LogP contribution in [0.4, 0.5) is 8.78 Å². The van der Waals surface area contributed by atoms with Gasteiger partial charge in [0.25, 0.3) is 5.22 Å². The Morgan fingerprint density at radius 1 is 1.55 bits per heavy atom. The normalized spacial score (nSPS) is 11.0. The van der Waals surface area contributed by atoms with Gasteiger partial charge in [0.1, 0.15) is 5.82 Å². The lowest BCUT2D eigenvalue weighted by atomic mass is 10.7. The Morgan fingerprint density at radius 3 is 3.05 bits per heavy atom. The minimum absolute atomic E-state index is 0.0804. The zero-order chi connectivity index (χ0) is 14.5. The number of imidazole rings is 1. The molecule has 7 nitrogen and oxygen atoms in total. The van der Waals surface area contributed by atoms with Crippen LogP contribution in [0.25, 0.3) is 0 Å². The summed E-state index contributed by atoms with van der Waals surface area (Å²) >= 11 is 1.00. The van der Waals surface area contributed by atoms with Gasteiger partial charge in [-0.15, -0.1) is 5.10 Å². The Bertz CT molecular complexity index is 587. The lowest BCUT2D eigenvalue weighted by molar-refractivity contribution is 0.0475. The van der Waals surface area contributed by atoms with Gasteiger partial charge in [-0.25, -0.2) is 9.78 Å². The smallest absolute Gasteiger partial charge is 0.396 e. The van der Waals surface area contributed by atoms with E-state index in [4.69, 9.17) is 4.42 Å². The number of halogens is 2. The van der Waals surface area contributed by atoms with Crippen molar-refractivity contribution in [2.24, 2.45) is 0 Å². The number of alkyl halides is 2. The van der Waals surface area contributed by atoms with E-state index in [0.717, 1.165) is 16.3 Å². The summed E-state index contributed by atoms with van der Waals surface area (Å²) in [6.07, 6.45) is 2.46. The molecule has 0 aliphatic carbocycles. The molecule has 10 heteroatoms. The lowest BCUT2D eigenvalue weighted by Crippen LogP contribution is -2.04. The van der Waals surface area contributed by atoms with Crippen molar-refractivity contribution in [3.8, 4) is 0 Å². The van der Waals surface area contributed by atoms with Crippen LogP contribution >= 0.6 is 11.8 Å². The quantitative estimate of drug-likeness (QED) is 0.597. The maximum atomic E-state index is 12.6. The van der Waals surface area contributed by atoms with Crippen molar-refractivity contribution >= 4 is 17.7 Å². The van der Waals surface area contributed by atoms with Crippen LogP contribution in [-0.4, -0.2) is 32.3 Å². The first-order valence-electron chi connectivity index (χ1n) is 5.55. The number of thioether (sulfide) groups is 1. The molecule has 0 aliphatic heterocycles. The molecule has 20 heavy (non-hydrogen) atoms. The Balaban J connectivity index is 1.97. The van der Waals surface area contributed by atoms with Crippen molar-refractivity contribution in [2.75, 3.05) is 6.61 Å². The van der Waals surface area contributed by atoms with Crippen LogP contribution in [0.1, 0.15) is 30.0 Å². The number of hydrogen-bond donors (Lipinski definition) is 0. The fourth-order valence-corrected chi connectivity index (χ4v) is 2.02. The summed E-state index contributed by atoms with van der Waals surface area (Å²) in [7, 11) is 0. The predicted octanol–water partition coefficient (Wildman–Crippen LogP) is 2.13. The van der Waals surface area contributed by atoms with Crippen molar-refractivity contribution in [3.05, 3.63) is 24.1 Å². The first-order chi connectivity index (χ1) is 9.61. The number of carbonyl (C=O) groups is 1. The molecule has 0 radical (unpaired) electrons. The highest BCUT2D eigenvalue weighted by molar-refractivity contribution is 7.98. The average Bonchev–Trinajstić information content (AvgIpc) is 3.05. The number of ether oxygens (including phenoxy) is 1. The topological polar surface area (TPSA) is 83.0 Å². The third-order valence-electron chi connectivity index (χ3n) is 2.14. The fourth-order valence-electron chi connectivity index (χ4n) is 1.30. The first kappa shape index (κ1) is 14.4. The number of rotatable bonds is 6. The van der Waals surface area contributed by atoms with E-state index in [9.17, 15) is 13.6 Å². The standard InChI is InChI=1S/C10H10F2N4O3S/c1-2-18-8(17)7-14-15-10(19-7)20-5-6-13-3-4-16(6)9(11)12/h3-4,9H,2,5H2,1H3. The molecule has 0 saturated heterocycles. The molecule has 2 rings (SSSR count). The first-order valence-corrected chi connectivity index (χ1v) is 6.53. The van der Waals surface area contributed by atoms with Crippen molar-refractivity contribution in [3.63, 3.8) is 0 Å². The molecule has 0 spiro atoms. The molecular formula is C10H10F2N4O3S. The Hall–Kier alpha value is -1.97. The Morgan fingerprint density at radius 2 is 2.35 bits per heavy atom. The van der Waals surface area contributed by atoms with Crippen molar-refractivity contribution in [1.82, 2.24) is 19.7 Å². The number of aromatic nitrogens is 4. The summed E-state index contributed by atoms with van der Waals surface area (Å²) in [5.74, 6) is -0.713. The van der Waals surface area contributed by atoms with E-state index in [-0.39, 0.29) is 29.3 Å². The van der Waals surface area contributed by atoms with Crippen molar-refractivity contribution in [1.29, 1.82) is 0 Å². The minimum atomic E-state index is -2.66. The summed E-state index contributed by atoms with van der Waals surface area (Å²) in [5.41, 5.74) is 0. The largest absolute Gasteiger partial charge is 0.459 e. The van der Waals surface area contributed by atoms with Gasteiger partial charge in [-0.05, 0) is 6.92 Å². The number of esters is 1. The maximum absolute atomic E-state index is 12.6. The molecule has 0 amide bonds. The molecule has 0 aromatic carbocycles. The van der Waals surface area contributed by atoms with Crippen LogP contribution in [-0.2, 0) is 10.5 Å². The van der Waals surface area contributed by atoms with E-state index in [1.54, 1.807) is 6.92 Å². The third kappa shape index (κ3) is 3.32. The van der Waals surface area contributed by atoms with Gasteiger partial charge >= 0.3 is 18.4 Å². The Labute approximate surface area is 116 Å². The van der Waals surface area contributed by atoms with Crippen molar-refractivity contribution in [2.45, 2.75) is 24.4 Å². The summed E-state index contributed by atoms with van der Waals surface area (Å²) in [6.45, 7) is -0.824. The fraction of sp³-hybridized carbons (Fsp3) is 0.400. The van der Waals surface area contributed by atoms with Crippen LogP contribution in [0.15, 0.2) is 22.0 Å². The van der Waals surface area contributed by atoms with E-state index in [1.165, 1.54) is 12.4 Å². The third-order valence-corrected chi connectivity index (χ3v) is 2.95. The highest BCUT2D eigenvalue weighted by atomic mass is 32.2. The molecule has 0 unspecified atom stereocenters. The maximum Gasteiger partial charge on any atom is 0.396 e. The Kier molecular flexibility index (Phi) is 4.66. The minimum Gasteiger partial charge on any atom is -0.459 e. The van der Waals surface area contributed by atoms with E-state index in [1.807, 2.05) is 0 Å². The van der Waals surface area contributed by atoms with E-state index >= 15 is 0 Å². The molecule has 2 aromatic rings. The van der Waals surface area contributed by atoms with Gasteiger partial charge in [-0.2, -0.15) is 8.78 Å². The monoisotopic (exact) mass is 304 g/mol. The molecule has 0 saturated carbocycles. The molecule has 108 valence electrons. The van der Waals surface area contributed by atoms with Gasteiger partial charge in [0.15, 0.2) is 0 Å².